The molecule has 0 aliphatic heterocycles. The van der Waals surface area contributed by atoms with E-state index in [2.05, 4.69) is 10.4 Å². The molecular formula is C29H28Cl3N3O6S. The molecule has 13 heteroatoms. The predicted molar refractivity (Wildman–Crippen MR) is 165 cm³/mol. The molecule has 1 amide bonds. The minimum absolute atomic E-state index is 0.139. The zero-order valence-corrected chi connectivity index (χ0v) is 26.3. The summed E-state index contributed by atoms with van der Waals surface area (Å²) in [5.41, 5.74) is 2.09. The molecule has 0 aliphatic carbocycles. The number of amides is 1. The molecule has 0 unspecified atom stereocenters. The molecule has 0 saturated heterocycles. The lowest BCUT2D eigenvalue weighted by atomic mass is 10.1. The van der Waals surface area contributed by atoms with Crippen LogP contribution in [0.3, 0.4) is 0 Å². The van der Waals surface area contributed by atoms with Crippen LogP contribution >= 0.6 is 46.1 Å². The van der Waals surface area contributed by atoms with Gasteiger partial charge in [0, 0.05) is 22.9 Å². The van der Waals surface area contributed by atoms with Crippen molar-refractivity contribution >= 4 is 85.4 Å². The van der Waals surface area contributed by atoms with Crippen LogP contribution in [0.2, 0.25) is 0 Å². The molecule has 2 aromatic carbocycles. The van der Waals surface area contributed by atoms with Crippen LogP contribution < -0.4 is 5.32 Å². The Balaban J connectivity index is 0.000000369. The second kappa shape index (κ2) is 14.6. The first-order valence-electron chi connectivity index (χ1n) is 12.6. The maximum atomic E-state index is 12.7. The number of hydrogen-bond donors (Lipinski definition) is 1. The first-order valence-corrected chi connectivity index (χ1v) is 14.9. The fourth-order valence-corrected chi connectivity index (χ4v) is 4.85. The van der Waals surface area contributed by atoms with Crippen LogP contribution in [-0.4, -0.2) is 45.2 Å². The molecule has 0 radical (unpaired) electrons. The number of carbonyl (C=O) groups is 4. The second-order valence-electron chi connectivity index (χ2n) is 9.68. The molecule has 2 aromatic heterocycles. The highest BCUT2D eigenvalue weighted by Gasteiger charge is 2.26. The molecule has 0 bridgehead atoms. The van der Waals surface area contributed by atoms with E-state index in [-0.39, 0.29) is 17.3 Å². The fourth-order valence-electron chi connectivity index (χ4n) is 3.39. The van der Waals surface area contributed by atoms with Crippen LogP contribution in [0.15, 0.2) is 54.6 Å². The van der Waals surface area contributed by atoms with Crippen molar-refractivity contribution in [1.29, 1.82) is 0 Å². The number of halogens is 3. The number of nitrogens with one attached hydrogen (secondary N) is 1. The summed E-state index contributed by atoms with van der Waals surface area (Å²) in [5, 5.41) is 6.89. The Morgan fingerprint density at radius 1 is 0.929 bits per heavy atom. The summed E-state index contributed by atoms with van der Waals surface area (Å²) >= 11 is 17.6. The van der Waals surface area contributed by atoms with Gasteiger partial charge in [0.2, 0.25) is 0 Å². The van der Waals surface area contributed by atoms with Crippen LogP contribution in [0.5, 0.6) is 0 Å². The Hall–Kier alpha value is -3.44. The summed E-state index contributed by atoms with van der Waals surface area (Å²) in [4.78, 5) is 48.8. The third-order valence-electron chi connectivity index (χ3n) is 5.34. The van der Waals surface area contributed by atoms with Crippen LogP contribution in [0, 0.1) is 0 Å². The van der Waals surface area contributed by atoms with E-state index in [9.17, 15) is 19.2 Å². The van der Waals surface area contributed by atoms with Gasteiger partial charge in [-0.15, -0.1) is 39.6 Å². The lowest BCUT2D eigenvalue weighted by molar-refractivity contribution is 0.00750. The first-order chi connectivity index (χ1) is 19.9. The third-order valence-corrected chi connectivity index (χ3v) is 7.26. The van der Waals surface area contributed by atoms with Gasteiger partial charge in [0.05, 0.1) is 12.0 Å². The number of esters is 1. The summed E-state index contributed by atoms with van der Waals surface area (Å²) in [6, 6.07) is 15.2. The van der Waals surface area contributed by atoms with Crippen molar-refractivity contribution in [1.82, 2.24) is 9.78 Å². The van der Waals surface area contributed by atoms with Crippen LogP contribution in [-0.2, 0) is 21.2 Å². The number of rotatable bonds is 7. The molecule has 0 fully saturated rings. The van der Waals surface area contributed by atoms with E-state index in [0.29, 0.717) is 33.1 Å². The average molecular weight is 653 g/mol. The van der Waals surface area contributed by atoms with E-state index in [1.807, 2.05) is 0 Å². The van der Waals surface area contributed by atoms with Crippen LogP contribution in [0.25, 0.3) is 10.2 Å². The van der Waals surface area contributed by atoms with Crippen molar-refractivity contribution in [3.8, 4) is 0 Å². The topological polar surface area (TPSA) is 117 Å². The largest absolute Gasteiger partial charge is 0.456 e. The molecule has 2 heterocycles. The Labute approximate surface area is 261 Å². The number of anilines is 1. The fraction of sp³-hybridized carbons (Fsp3) is 0.276. The number of ether oxygens (including phenoxy) is 2. The summed E-state index contributed by atoms with van der Waals surface area (Å²) in [5.74, 6) is -0.00824. The van der Waals surface area contributed by atoms with E-state index in [0.717, 1.165) is 27.1 Å². The minimum Gasteiger partial charge on any atom is -0.456 e. The number of hydrogen-bond acceptors (Lipinski definition) is 8. The van der Waals surface area contributed by atoms with E-state index in [1.165, 1.54) is 0 Å². The Morgan fingerprint density at radius 3 is 1.95 bits per heavy atom. The smallest absolute Gasteiger partial charge is 0.436 e. The summed E-state index contributed by atoms with van der Waals surface area (Å²) < 4.78 is 11.5. The number of fused-ring (bicyclic) bond motifs is 1. The predicted octanol–water partition coefficient (Wildman–Crippen LogP) is 7.85. The number of aromatic nitrogens is 2. The van der Waals surface area contributed by atoms with E-state index < -0.39 is 28.8 Å². The average Bonchev–Trinajstić information content (AvgIpc) is 3.53. The molecule has 0 atom stereocenters. The van der Waals surface area contributed by atoms with Crippen molar-refractivity contribution in [3.05, 3.63) is 81.7 Å². The van der Waals surface area contributed by atoms with Gasteiger partial charge in [-0.05, 0) is 80.8 Å². The maximum Gasteiger partial charge on any atom is 0.436 e. The molecule has 1 N–H and O–H groups in total. The van der Waals surface area contributed by atoms with Gasteiger partial charge in [-0.25, -0.2) is 9.59 Å². The second-order valence-corrected chi connectivity index (χ2v) is 11.6. The van der Waals surface area contributed by atoms with Crippen molar-refractivity contribution in [3.63, 3.8) is 0 Å². The molecule has 4 aromatic rings. The van der Waals surface area contributed by atoms with Gasteiger partial charge in [-0.1, -0.05) is 24.3 Å². The molecular weight excluding hydrogens is 625 g/mol. The molecule has 0 aliphatic rings. The highest BCUT2D eigenvalue weighted by molar-refractivity contribution is 7.20. The van der Waals surface area contributed by atoms with Crippen LogP contribution in [0.4, 0.5) is 10.6 Å². The molecule has 9 nitrogen and oxygen atoms in total. The van der Waals surface area contributed by atoms with Gasteiger partial charge < -0.3 is 14.8 Å². The number of alkyl halides is 2. The number of benzene rings is 2. The highest BCUT2D eigenvalue weighted by Crippen LogP contribution is 2.33. The Kier molecular flexibility index (Phi) is 11.5. The standard InChI is InChI=1S/C21H22ClN3O5S.C8H6Cl2O/c1-5-29-20(28)25-18-14(10-15(31-18)19(27)30-21(2,3)4)16(24-25)23-17(26)13-8-6-12(11-22)7-9-13;9-5-6-1-3-7(4-2-6)8(10)11/h6-10H,5,11H2,1-4H3,(H,23,24,26);1-4H,5H2. The Morgan fingerprint density at radius 2 is 1.48 bits per heavy atom. The summed E-state index contributed by atoms with van der Waals surface area (Å²) in [6.45, 7) is 7.12. The summed E-state index contributed by atoms with van der Waals surface area (Å²) in [6.07, 6.45) is -0.711. The van der Waals surface area contributed by atoms with Crippen molar-refractivity contribution < 1.29 is 28.7 Å². The van der Waals surface area contributed by atoms with E-state index in [1.54, 1.807) is 82.3 Å². The van der Waals surface area contributed by atoms with Gasteiger partial charge >= 0.3 is 12.1 Å². The van der Waals surface area contributed by atoms with Crippen molar-refractivity contribution in [2.24, 2.45) is 0 Å². The van der Waals surface area contributed by atoms with Crippen molar-refractivity contribution in [2.45, 2.75) is 45.1 Å². The summed E-state index contributed by atoms with van der Waals surface area (Å²) in [7, 11) is 0. The monoisotopic (exact) mass is 651 g/mol. The van der Waals surface area contributed by atoms with Crippen LogP contribution in [0.1, 0.15) is 69.2 Å². The lowest BCUT2D eigenvalue weighted by Crippen LogP contribution is -2.23. The van der Waals surface area contributed by atoms with Gasteiger partial charge in [-0.2, -0.15) is 4.68 Å². The molecule has 222 valence electrons. The quantitative estimate of drug-likeness (QED) is 0.123. The number of nitrogens with zero attached hydrogens (tertiary/aromatic N) is 2. The SMILES string of the molecule is CCOC(=O)n1nc(NC(=O)c2ccc(CCl)cc2)c2cc(C(=O)OC(C)(C)C)sc21.O=C(Cl)c1ccc(CCl)cc1. The zero-order chi connectivity index (χ0) is 31.0. The molecule has 4 rings (SSSR count). The zero-order valence-electron chi connectivity index (χ0n) is 23.2. The Bertz CT molecular complexity index is 1580. The number of thiophene rings is 1. The molecule has 0 spiro atoms. The van der Waals surface area contributed by atoms with Gasteiger partial charge in [0.25, 0.3) is 11.1 Å². The van der Waals surface area contributed by atoms with Gasteiger partial charge in [-0.3, -0.25) is 9.59 Å². The normalized spacial score (nSPS) is 10.9. The maximum absolute atomic E-state index is 12.7. The highest BCUT2D eigenvalue weighted by atomic mass is 35.5. The molecule has 42 heavy (non-hydrogen) atoms. The minimum atomic E-state index is -0.711. The first kappa shape index (κ1) is 33.1. The third kappa shape index (κ3) is 8.78. The van der Waals surface area contributed by atoms with Gasteiger partial charge in [0.1, 0.15) is 15.3 Å². The molecule has 0 saturated carbocycles. The van der Waals surface area contributed by atoms with E-state index in [4.69, 9.17) is 44.3 Å². The van der Waals surface area contributed by atoms with E-state index >= 15 is 0 Å². The van der Waals surface area contributed by atoms with Crippen molar-refractivity contribution in [2.75, 3.05) is 11.9 Å². The number of carbonyl (C=O) groups excluding carboxylic acids is 4. The lowest BCUT2D eigenvalue weighted by Gasteiger charge is -2.18. The van der Waals surface area contributed by atoms with Gasteiger partial charge in [0.15, 0.2) is 5.82 Å².